The number of hydrogen-bond acceptors (Lipinski definition) is 3. The summed E-state index contributed by atoms with van der Waals surface area (Å²) in [6.07, 6.45) is 0. The third kappa shape index (κ3) is 2.51. The van der Waals surface area contributed by atoms with Crippen LogP contribution in [0.1, 0.15) is 10.4 Å². The lowest BCUT2D eigenvalue weighted by atomic mass is 10.0. The first-order chi connectivity index (χ1) is 10.1. The maximum absolute atomic E-state index is 12.3. The van der Waals surface area contributed by atoms with Gasteiger partial charge in [-0.15, -0.1) is 0 Å². The van der Waals surface area contributed by atoms with Crippen molar-refractivity contribution in [2.45, 2.75) is 0 Å². The summed E-state index contributed by atoms with van der Waals surface area (Å²) in [4.78, 5) is 12.3. The first kappa shape index (κ1) is 13.0. The molecule has 0 bridgehead atoms. The molecule has 104 valence electrons. The quantitative estimate of drug-likeness (QED) is 0.629. The zero-order valence-corrected chi connectivity index (χ0v) is 11.2. The maximum Gasteiger partial charge on any atom is 0.259 e. The van der Waals surface area contributed by atoms with E-state index in [0.29, 0.717) is 16.8 Å². The van der Waals surface area contributed by atoms with Crippen LogP contribution in [-0.2, 0) is 0 Å². The summed E-state index contributed by atoms with van der Waals surface area (Å²) >= 11 is 0. The lowest BCUT2D eigenvalue weighted by molar-refractivity contribution is 0.102. The smallest absolute Gasteiger partial charge is 0.259 e. The van der Waals surface area contributed by atoms with Crippen molar-refractivity contribution in [3.63, 3.8) is 0 Å². The highest BCUT2D eigenvalue weighted by Crippen LogP contribution is 2.29. The number of hydrogen-bond donors (Lipinski definition) is 3. The summed E-state index contributed by atoms with van der Waals surface area (Å²) in [5, 5.41) is 14.5. The molecule has 0 saturated carbocycles. The number of nitrogen functional groups attached to an aromatic ring is 1. The molecule has 0 aliphatic heterocycles. The number of phenolic OH excluding ortho intramolecular Hbond substituents is 1. The molecule has 0 unspecified atom stereocenters. The summed E-state index contributed by atoms with van der Waals surface area (Å²) in [7, 11) is 0. The third-order valence-electron chi connectivity index (χ3n) is 3.31. The van der Waals surface area contributed by atoms with Crippen molar-refractivity contribution in [1.29, 1.82) is 0 Å². The highest BCUT2D eigenvalue weighted by molar-refractivity contribution is 6.09. The minimum absolute atomic E-state index is 0.0129. The molecule has 0 saturated heterocycles. The van der Waals surface area contributed by atoms with Gasteiger partial charge in [0.1, 0.15) is 5.75 Å². The minimum atomic E-state index is -0.358. The van der Waals surface area contributed by atoms with Crippen LogP contribution >= 0.6 is 0 Å². The molecule has 3 rings (SSSR count). The van der Waals surface area contributed by atoms with E-state index in [-0.39, 0.29) is 17.2 Å². The zero-order chi connectivity index (χ0) is 14.8. The lowest BCUT2D eigenvalue weighted by Gasteiger charge is -2.09. The highest BCUT2D eigenvalue weighted by Gasteiger charge is 2.13. The third-order valence-corrected chi connectivity index (χ3v) is 3.31. The van der Waals surface area contributed by atoms with Crippen molar-refractivity contribution < 1.29 is 9.90 Å². The van der Waals surface area contributed by atoms with E-state index in [1.807, 2.05) is 24.3 Å². The fourth-order valence-electron chi connectivity index (χ4n) is 2.20. The van der Waals surface area contributed by atoms with E-state index in [1.165, 1.54) is 0 Å². The Hall–Kier alpha value is -3.01. The van der Waals surface area contributed by atoms with E-state index in [0.717, 1.165) is 5.39 Å². The van der Waals surface area contributed by atoms with Crippen LogP contribution in [0.2, 0.25) is 0 Å². The Morgan fingerprint density at radius 2 is 1.67 bits per heavy atom. The molecule has 0 heterocycles. The number of amides is 1. The van der Waals surface area contributed by atoms with E-state index >= 15 is 0 Å². The fraction of sp³-hybridized carbons (Fsp3) is 0. The van der Waals surface area contributed by atoms with Crippen molar-refractivity contribution >= 4 is 28.1 Å². The molecular formula is C17H14N2O2. The summed E-state index contributed by atoms with van der Waals surface area (Å²) in [5.74, 6) is -0.371. The summed E-state index contributed by atoms with van der Waals surface area (Å²) < 4.78 is 0. The van der Waals surface area contributed by atoms with E-state index in [4.69, 9.17) is 5.73 Å². The number of fused-ring (bicyclic) bond motifs is 1. The molecule has 3 aromatic rings. The van der Waals surface area contributed by atoms with E-state index < -0.39 is 0 Å². The number of phenols is 1. The second-order valence-electron chi connectivity index (χ2n) is 4.76. The van der Waals surface area contributed by atoms with Crippen molar-refractivity contribution in [3.8, 4) is 5.75 Å². The van der Waals surface area contributed by atoms with Crippen molar-refractivity contribution in [3.05, 3.63) is 66.2 Å². The minimum Gasteiger partial charge on any atom is -0.506 e. The molecule has 3 aromatic carbocycles. The first-order valence-electron chi connectivity index (χ1n) is 6.53. The van der Waals surface area contributed by atoms with Gasteiger partial charge >= 0.3 is 0 Å². The average Bonchev–Trinajstić information content (AvgIpc) is 2.50. The molecule has 0 radical (unpaired) electrons. The monoisotopic (exact) mass is 278 g/mol. The first-order valence-corrected chi connectivity index (χ1v) is 6.53. The van der Waals surface area contributed by atoms with Crippen LogP contribution in [0.3, 0.4) is 0 Å². The van der Waals surface area contributed by atoms with Crippen LogP contribution in [0.4, 0.5) is 11.4 Å². The van der Waals surface area contributed by atoms with Gasteiger partial charge in [0, 0.05) is 16.8 Å². The van der Waals surface area contributed by atoms with E-state index in [1.54, 1.807) is 36.4 Å². The second kappa shape index (κ2) is 5.17. The zero-order valence-electron chi connectivity index (χ0n) is 11.2. The van der Waals surface area contributed by atoms with Gasteiger partial charge in [-0.25, -0.2) is 0 Å². The van der Waals surface area contributed by atoms with Crippen molar-refractivity contribution in [1.82, 2.24) is 0 Å². The van der Waals surface area contributed by atoms with Gasteiger partial charge in [-0.2, -0.15) is 0 Å². The average molecular weight is 278 g/mol. The van der Waals surface area contributed by atoms with Crippen LogP contribution in [0, 0.1) is 0 Å². The van der Waals surface area contributed by atoms with Crippen LogP contribution in [0.25, 0.3) is 10.8 Å². The molecule has 0 aromatic heterocycles. The maximum atomic E-state index is 12.3. The molecule has 0 aliphatic rings. The molecule has 0 spiro atoms. The number of nitrogens with one attached hydrogen (secondary N) is 1. The normalized spacial score (nSPS) is 10.5. The standard InChI is InChI=1S/C17H14N2O2/c18-12-6-8-13(9-7-12)19-17(21)15-10-5-11-3-1-2-4-14(11)16(15)20/h1-10,20H,18H2,(H,19,21). The fourth-order valence-corrected chi connectivity index (χ4v) is 2.20. The summed E-state index contributed by atoms with van der Waals surface area (Å²) in [5.41, 5.74) is 7.10. The van der Waals surface area contributed by atoms with Gasteiger partial charge in [-0.05, 0) is 35.7 Å². The molecule has 4 heteroatoms. The molecular weight excluding hydrogens is 264 g/mol. The summed E-state index contributed by atoms with van der Waals surface area (Å²) in [6.45, 7) is 0. The number of carbonyl (C=O) groups excluding carboxylic acids is 1. The largest absolute Gasteiger partial charge is 0.506 e. The molecule has 0 fully saturated rings. The van der Waals surface area contributed by atoms with Gasteiger partial charge in [0.25, 0.3) is 5.91 Å². The van der Waals surface area contributed by atoms with E-state index in [9.17, 15) is 9.90 Å². The predicted molar refractivity (Wildman–Crippen MR) is 84.4 cm³/mol. The van der Waals surface area contributed by atoms with Gasteiger partial charge in [0.05, 0.1) is 5.56 Å². The Balaban J connectivity index is 1.94. The van der Waals surface area contributed by atoms with Crippen molar-refractivity contribution in [2.24, 2.45) is 0 Å². The Morgan fingerprint density at radius 3 is 2.43 bits per heavy atom. The van der Waals surface area contributed by atoms with Gasteiger partial charge in [-0.1, -0.05) is 30.3 Å². The van der Waals surface area contributed by atoms with Crippen LogP contribution in [-0.4, -0.2) is 11.0 Å². The Bertz CT molecular complexity index is 811. The second-order valence-corrected chi connectivity index (χ2v) is 4.76. The van der Waals surface area contributed by atoms with Gasteiger partial charge in [-0.3, -0.25) is 4.79 Å². The van der Waals surface area contributed by atoms with Gasteiger partial charge in [0.15, 0.2) is 0 Å². The Labute approximate surface area is 121 Å². The molecule has 21 heavy (non-hydrogen) atoms. The van der Waals surface area contributed by atoms with Crippen molar-refractivity contribution in [2.75, 3.05) is 11.1 Å². The number of aromatic hydroxyl groups is 1. The Morgan fingerprint density at radius 1 is 0.952 bits per heavy atom. The van der Waals surface area contributed by atoms with Crippen LogP contribution < -0.4 is 11.1 Å². The molecule has 1 amide bonds. The Kier molecular flexibility index (Phi) is 3.20. The van der Waals surface area contributed by atoms with E-state index in [2.05, 4.69) is 5.32 Å². The molecule has 4 N–H and O–H groups in total. The van der Waals surface area contributed by atoms with Gasteiger partial charge in [0.2, 0.25) is 0 Å². The van der Waals surface area contributed by atoms with Crippen LogP contribution in [0.15, 0.2) is 60.7 Å². The number of rotatable bonds is 2. The topological polar surface area (TPSA) is 75.3 Å². The van der Waals surface area contributed by atoms with Crippen LogP contribution in [0.5, 0.6) is 5.75 Å². The number of nitrogens with two attached hydrogens (primary N) is 1. The highest BCUT2D eigenvalue weighted by atomic mass is 16.3. The number of anilines is 2. The molecule has 4 nitrogen and oxygen atoms in total. The SMILES string of the molecule is Nc1ccc(NC(=O)c2ccc3ccccc3c2O)cc1. The number of carbonyl (C=O) groups is 1. The summed E-state index contributed by atoms with van der Waals surface area (Å²) in [6, 6.07) is 17.6. The molecule has 0 atom stereocenters. The lowest BCUT2D eigenvalue weighted by Crippen LogP contribution is -2.12. The van der Waals surface area contributed by atoms with Gasteiger partial charge < -0.3 is 16.2 Å². The predicted octanol–water partition coefficient (Wildman–Crippen LogP) is 3.38. The molecule has 0 aliphatic carbocycles. The number of benzene rings is 3.